The first-order valence-corrected chi connectivity index (χ1v) is 0. The second-order valence-corrected chi connectivity index (χ2v) is 0. The fraction of sp³-hybridized carbons (Fsp3) is 0. The number of hydrogen-bond donors (Lipinski definition) is 1. The van der Waals surface area contributed by atoms with Gasteiger partial charge in [0.25, 0.3) is 0 Å². The van der Waals surface area contributed by atoms with Crippen molar-refractivity contribution in [1.82, 2.24) is 6.15 Å². The summed E-state index contributed by atoms with van der Waals surface area (Å²) in [7, 11) is 0. The average molecular weight is 133 g/mol. The summed E-state index contributed by atoms with van der Waals surface area (Å²) in [6.45, 7) is 0. The van der Waals surface area contributed by atoms with E-state index in [2.05, 4.69) is 0 Å². The molecule has 4 heavy (non-hydrogen) atoms. The molecule has 0 aliphatic rings. The molecule has 0 atom stereocenters. The molecule has 0 aliphatic carbocycles. The molecule has 0 unspecified atom stereocenters. The second kappa shape index (κ2) is 27.4. The van der Waals surface area contributed by atoms with Crippen LogP contribution in [0.25, 0.3) is 0 Å². The molecule has 1 nitrogen and oxygen atoms in total. The van der Waals surface area contributed by atoms with E-state index in [4.69, 9.17) is 0 Å². The van der Waals surface area contributed by atoms with Crippen molar-refractivity contribution in [1.29, 1.82) is 0 Å². The van der Waals surface area contributed by atoms with E-state index in [0.717, 1.165) is 0 Å². The van der Waals surface area contributed by atoms with E-state index >= 15 is 0 Å². The zero-order valence-corrected chi connectivity index (χ0v) is 5.50. The molecule has 0 amide bonds. The Bertz CT molecular complexity index is 6.00. The number of hydrogen-bond acceptors (Lipinski definition) is 0. The fourth-order valence-corrected chi connectivity index (χ4v) is 0. The van der Waals surface area contributed by atoms with Gasteiger partial charge < -0.3 is 10.9 Å². The molecule has 4 heteroatoms. The normalized spacial score (nSPS) is 0. The molecule has 0 heterocycles. The summed E-state index contributed by atoms with van der Waals surface area (Å²) in [5.41, 5.74) is 0. The quantitative estimate of drug-likeness (QED) is 0.351. The van der Waals surface area contributed by atoms with E-state index in [1.807, 2.05) is 0 Å². The maximum Gasteiger partial charge on any atom is 0 e. The third kappa shape index (κ3) is 10.3. The van der Waals surface area contributed by atoms with E-state index in [1.54, 1.807) is 0 Å². The molecular weight excluding hydrogens is 129 g/mol. The van der Waals surface area contributed by atoms with Crippen molar-refractivity contribution in [3.05, 3.63) is 0 Å². The summed E-state index contributed by atoms with van der Waals surface area (Å²) >= 11 is 0. The predicted octanol–water partition coefficient (Wildman–Crippen LogP) is -2.62. The molecule has 0 saturated heterocycles. The van der Waals surface area contributed by atoms with Crippen LogP contribution < -0.4 is 10.9 Å². The summed E-state index contributed by atoms with van der Waals surface area (Å²) in [5, 5.41) is 0. The molecule has 0 rings (SSSR count). The van der Waals surface area contributed by atoms with Crippen LogP contribution in [0.2, 0.25) is 0 Å². The zero-order chi connectivity index (χ0) is 0. The first-order valence-electron chi connectivity index (χ1n) is 0. The molecule has 0 aromatic carbocycles. The van der Waals surface area contributed by atoms with Gasteiger partial charge in [0.05, 0.1) is 0 Å². The second-order valence-electron chi connectivity index (χ2n) is 0. The maximum atomic E-state index is 0. The van der Waals surface area contributed by atoms with Crippen molar-refractivity contribution in [2.24, 2.45) is 0 Å². The predicted molar refractivity (Wildman–Crippen MR) is 5.98 cm³/mol. The standard InChI is InChI=1S/FH.H3N.2Ti/h1H;1H3;;. The molecular formula is H4FNTi2. The Morgan fingerprint density at radius 1 is 0.750 bits per heavy atom. The minimum absolute atomic E-state index is 0. The first-order chi connectivity index (χ1) is 0. The Labute approximate surface area is 54.2 Å². The Morgan fingerprint density at radius 2 is 0.750 bits per heavy atom. The van der Waals surface area contributed by atoms with Crippen LogP contribution >= 0.6 is 0 Å². The van der Waals surface area contributed by atoms with Crippen LogP contribution in [0.3, 0.4) is 0 Å². The molecule has 0 aliphatic heterocycles. The van der Waals surface area contributed by atoms with Crippen LogP contribution in [0.1, 0.15) is 0 Å². The van der Waals surface area contributed by atoms with Crippen molar-refractivity contribution in [2.45, 2.75) is 0 Å². The maximum absolute atomic E-state index is 0. The Hall–Kier alpha value is 1.32. The molecule has 0 radical (unpaired) electrons. The van der Waals surface area contributed by atoms with Crippen LogP contribution in [0.5, 0.6) is 0 Å². The van der Waals surface area contributed by atoms with Gasteiger partial charge in [-0.2, -0.15) is 0 Å². The van der Waals surface area contributed by atoms with Crippen LogP contribution in [0.4, 0.5) is 0 Å². The van der Waals surface area contributed by atoms with Crippen molar-refractivity contribution in [3.63, 3.8) is 0 Å². The molecule has 24 valence electrons. The summed E-state index contributed by atoms with van der Waals surface area (Å²) in [5.74, 6) is 0. The Kier molecular flexibility index (Phi) is 390. The minimum atomic E-state index is 0. The van der Waals surface area contributed by atoms with E-state index in [1.165, 1.54) is 0 Å². The molecule has 0 aromatic heterocycles. The van der Waals surface area contributed by atoms with E-state index in [-0.39, 0.29) is 54.3 Å². The van der Waals surface area contributed by atoms with Gasteiger partial charge in [-0.05, 0) is 0 Å². The van der Waals surface area contributed by atoms with Crippen LogP contribution in [-0.4, -0.2) is 0 Å². The fourth-order valence-electron chi connectivity index (χ4n) is 0. The summed E-state index contributed by atoms with van der Waals surface area (Å²) in [6.07, 6.45) is 0. The van der Waals surface area contributed by atoms with Crippen LogP contribution in [0.15, 0.2) is 0 Å². The Balaban J connectivity index is 0. The third-order valence-electron chi connectivity index (χ3n) is 0. The smallest absolute Gasteiger partial charge is 0 e. The van der Waals surface area contributed by atoms with Gasteiger partial charge in [-0.25, -0.2) is 0 Å². The monoisotopic (exact) mass is 133 g/mol. The van der Waals surface area contributed by atoms with Crippen molar-refractivity contribution in [3.8, 4) is 0 Å². The van der Waals surface area contributed by atoms with Crippen LogP contribution in [0, 0.1) is 0 Å². The summed E-state index contributed by atoms with van der Waals surface area (Å²) < 4.78 is 0. The number of quaternary nitrogens is 1. The van der Waals surface area contributed by atoms with Crippen molar-refractivity contribution in [2.75, 3.05) is 0 Å². The first kappa shape index (κ1) is 57.1. The van der Waals surface area contributed by atoms with Gasteiger partial charge in [-0.1, -0.05) is 0 Å². The summed E-state index contributed by atoms with van der Waals surface area (Å²) in [6, 6.07) is 0. The SMILES string of the molecule is [F-].[NH4+].[Ti].[Ti]. The van der Waals surface area contributed by atoms with Gasteiger partial charge in [0.2, 0.25) is 0 Å². The zero-order valence-electron chi connectivity index (χ0n) is 2.38. The van der Waals surface area contributed by atoms with Gasteiger partial charge in [0, 0.05) is 43.4 Å². The largest absolute Gasteiger partial charge is 1.00 e. The van der Waals surface area contributed by atoms with Gasteiger partial charge in [-0.15, -0.1) is 0 Å². The molecule has 0 bridgehead atoms. The van der Waals surface area contributed by atoms with Crippen molar-refractivity contribution >= 4 is 0 Å². The van der Waals surface area contributed by atoms with E-state index in [9.17, 15) is 0 Å². The topological polar surface area (TPSA) is 36.5 Å². The molecule has 0 fully saturated rings. The van der Waals surface area contributed by atoms with Gasteiger partial charge in [0.1, 0.15) is 0 Å². The van der Waals surface area contributed by atoms with Crippen LogP contribution in [-0.2, 0) is 43.4 Å². The number of halogens is 1. The minimum Gasteiger partial charge on any atom is -1.00 e. The molecule has 0 saturated carbocycles. The molecule has 4 N–H and O–H groups in total. The van der Waals surface area contributed by atoms with Gasteiger partial charge in [-0.3, -0.25) is 0 Å². The van der Waals surface area contributed by atoms with Crippen molar-refractivity contribution < 1.29 is 48.1 Å². The third-order valence-corrected chi connectivity index (χ3v) is 0. The van der Waals surface area contributed by atoms with E-state index in [0.29, 0.717) is 0 Å². The molecule has 0 aromatic rings. The number of rotatable bonds is 0. The molecule has 0 spiro atoms. The van der Waals surface area contributed by atoms with Gasteiger partial charge in [0.15, 0.2) is 0 Å². The summed E-state index contributed by atoms with van der Waals surface area (Å²) in [4.78, 5) is 0. The van der Waals surface area contributed by atoms with E-state index < -0.39 is 0 Å². The van der Waals surface area contributed by atoms with Gasteiger partial charge >= 0.3 is 0 Å². The average Bonchev–Trinajstić information content (AvgIpc) is 0. The Morgan fingerprint density at radius 3 is 0.750 bits per heavy atom.